The molecule has 0 bridgehead atoms. The number of aryl methyl sites for hydroxylation is 1. The van der Waals surface area contributed by atoms with Crippen molar-refractivity contribution in [2.24, 2.45) is 5.73 Å². The second-order valence-corrected chi connectivity index (χ2v) is 6.37. The van der Waals surface area contributed by atoms with E-state index in [0.29, 0.717) is 12.0 Å². The van der Waals surface area contributed by atoms with Crippen LogP contribution in [-0.4, -0.2) is 21.0 Å². The molecule has 1 unspecified atom stereocenters. The van der Waals surface area contributed by atoms with Crippen LogP contribution in [0.5, 0.6) is 0 Å². The molecule has 3 N–H and O–H groups in total. The molecule has 0 radical (unpaired) electrons. The van der Waals surface area contributed by atoms with Gasteiger partial charge in [-0.1, -0.05) is 19.8 Å². The lowest BCUT2D eigenvalue weighted by atomic mass is 10.1. The van der Waals surface area contributed by atoms with Gasteiger partial charge in [0.15, 0.2) is 0 Å². The molecule has 0 amide bonds. The lowest BCUT2D eigenvalue weighted by Gasteiger charge is -2.16. The second-order valence-electron chi connectivity index (χ2n) is 4.66. The average molecular weight is 288 g/mol. The number of hydrogen-bond donors (Lipinski definition) is 2. The van der Waals surface area contributed by atoms with Crippen LogP contribution in [-0.2, 0) is 10.0 Å². The van der Waals surface area contributed by atoms with Crippen LogP contribution in [0.4, 0.5) is 4.39 Å². The molecule has 0 aliphatic heterocycles. The van der Waals surface area contributed by atoms with Gasteiger partial charge in [0.2, 0.25) is 10.0 Å². The molecule has 1 aromatic rings. The summed E-state index contributed by atoms with van der Waals surface area (Å²) in [7, 11) is -3.72. The maximum atomic E-state index is 13.3. The van der Waals surface area contributed by atoms with Gasteiger partial charge in [0.1, 0.15) is 5.82 Å². The minimum absolute atomic E-state index is 0.0556. The number of hydrogen-bond acceptors (Lipinski definition) is 3. The molecule has 0 aliphatic carbocycles. The Bertz CT molecular complexity index is 497. The standard InChI is InChI=1S/C13H21FN2O2S/c1-3-4-5-12(9-15)16-19(17,18)13-7-10(2)6-11(14)8-13/h6-8,12,16H,3-5,9,15H2,1-2H3. The summed E-state index contributed by atoms with van der Waals surface area (Å²) in [5, 5.41) is 0. The molecule has 0 spiro atoms. The predicted octanol–water partition coefficient (Wildman–Crippen LogP) is 1.93. The summed E-state index contributed by atoms with van der Waals surface area (Å²) in [4.78, 5) is -0.0556. The summed E-state index contributed by atoms with van der Waals surface area (Å²) < 4.78 is 40.1. The largest absolute Gasteiger partial charge is 0.329 e. The first-order valence-electron chi connectivity index (χ1n) is 6.38. The van der Waals surface area contributed by atoms with E-state index in [1.165, 1.54) is 12.1 Å². The molecule has 1 rings (SSSR count). The zero-order chi connectivity index (χ0) is 14.5. The van der Waals surface area contributed by atoms with Crippen LogP contribution in [0, 0.1) is 12.7 Å². The summed E-state index contributed by atoms with van der Waals surface area (Å²) in [5.74, 6) is -0.557. The first-order valence-corrected chi connectivity index (χ1v) is 7.87. The molecule has 6 heteroatoms. The normalized spacial score (nSPS) is 13.5. The first kappa shape index (κ1) is 16.1. The van der Waals surface area contributed by atoms with Crippen molar-refractivity contribution in [3.63, 3.8) is 0 Å². The highest BCUT2D eigenvalue weighted by Crippen LogP contribution is 2.15. The van der Waals surface area contributed by atoms with Crippen molar-refractivity contribution in [3.05, 3.63) is 29.6 Å². The Labute approximate surface area is 114 Å². The highest BCUT2D eigenvalue weighted by molar-refractivity contribution is 7.89. The Hall–Kier alpha value is -0.980. The van der Waals surface area contributed by atoms with Crippen molar-refractivity contribution in [3.8, 4) is 0 Å². The third-order valence-corrected chi connectivity index (χ3v) is 4.34. The highest BCUT2D eigenvalue weighted by atomic mass is 32.2. The quantitative estimate of drug-likeness (QED) is 0.805. The van der Waals surface area contributed by atoms with E-state index in [4.69, 9.17) is 5.73 Å². The molecule has 0 fully saturated rings. The Morgan fingerprint density at radius 1 is 1.37 bits per heavy atom. The molecule has 1 atom stereocenters. The van der Waals surface area contributed by atoms with Crippen LogP contribution in [0.15, 0.2) is 23.1 Å². The first-order chi connectivity index (χ1) is 8.89. The molecule has 0 saturated carbocycles. The van der Waals surface area contributed by atoms with Gasteiger partial charge in [0, 0.05) is 12.6 Å². The number of benzene rings is 1. The number of sulfonamides is 1. The summed E-state index contributed by atoms with van der Waals surface area (Å²) in [6, 6.07) is 3.44. The number of rotatable bonds is 7. The third-order valence-electron chi connectivity index (χ3n) is 2.84. The van der Waals surface area contributed by atoms with Crippen molar-refractivity contribution in [1.82, 2.24) is 4.72 Å². The van der Waals surface area contributed by atoms with E-state index in [0.717, 1.165) is 18.9 Å². The Morgan fingerprint density at radius 2 is 2.05 bits per heavy atom. The van der Waals surface area contributed by atoms with Crippen LogP contribution < -0.4 is 10.5 Å². The SMILES string of the molecule is CCCCC(CN)NS(=O)(=O)c1cc(C)cc(F)c1. The van der Waals surface area contributed by atoms with E-state index in [2.05, 4.69) is 4.72 Å². The summed E-state index contributed by atoms with van der Waals surface area (Å²) in [5.41, 5.74) is 6.13. The number of unbranched alkanes of at least 4 members (excludes halogenated alkanes) is 1. The van der Waals surface area contributed by atoms with Gasteiger partial charge in [-0.25, -0.2) is 17.5 Å². The fourth-order valence-corrected chi connectivity index (χ4v) is 3.22. The molecule has 0 aromatic heterocycles. The topological polar surface area (TPSA) is 72.2 Å². The third kappa shape index (κ3) is 4.89. The molecule has 0 heterocycles. The van der Waals surface area contributed by atoms with Gasteiger partial charge in [-0.15, -0.1) is 0 Å². The van der Waals surface area contributed by atoms with Crippen LogP contribution >= 0.6 is 0 Å². The van der Waals surface area contributed by atoms with E-state index in [9.17, 15) is 12.8 Å². The summed E-state index contributed by atoms with van der Waals surface area (Å²) in [6.45, 7) is 3.91. The van der Waals surface area contributed by atoms with Crippen molar-refractivity contribution >= 4 is 10.0 Å². The molecule has 0 saturated heterocycles. The minimum Gasteiger partial charge on any atom is -0.329 e. The van der Waals surface area contributed by atoms with Gasteiger partial charge < -0.3 is 5.73 Å². The highest BCUT2D eigenvalue weighted by Gasteiger charge is 2.19. The average Bonchev–Trinajstić information content (AvgIpc) is 2.33. The van der Waals surface area contributed by atoms with Crippen LogP contribution in [0.25, 0.3) is 0 Å². The number of nitrogens with one attached hydrogen (secondary N) is 1. The van der Waals surface area contributed by atoms with Gasteiger partial charge in [-0.05, 0) is 37.1 Å². The van der Waals surface area contributed by atoms with Crippen LogP contribution in [0.2, 0.25) is 0 Å². The molecular weight excluding hydrogens is 267 g/mol. The van der Waals surface area contributed by atoms with E-state index in [1.807, 2.05) is 6.92 Å². The lowest BCUT2D eigenvalue weighted by molar-refractivity contribution is 0.515. The van der Waals surface area contributed by atoms with Crippen molar-refractivity contribution in [1.29, 1.82) is 0 Å². The predicted molar refractivity (Wildman–Crippen MR) is 73.8 cm³/mol. The van der Waals surface area contributed by atoms with Crippen LogP contribution in [0.1, 0.15) is 31.7 Å². The fraction of sp³-hybridized carbons (Fsp3) is 0.538. The summed E-state index contributed by atoms with van der Waals surface area (Å²) >= 11 is 0. The van der Waals surface area contributed by atoms with E-state index in [-0.39, 0.29) is 17.5 Å². The fourth-order valence-electron chi connectivity index (χ4n) is 1.82. The van der Waals surface area contributed by atoms with Gasteiger partial charge in [0.05, 0.1) is 4.90 Å². The Morgan fingerprint density at radius 3 is 2.58 bits per heavy atom. The van der Waals surface area contributed by atoms with Gasteiger partial charge in [-0.2, -0.15) is 0 Å². The maximum absolute atomic E-state index is 13.3. The number of nitrogens with two attached hydrogens (primary N) is 1. The molecule has 1 aromatic carbocycles. The minimum atomic E-state index is -3.72. The van der Waals surface area contributed by atoms with Gasteiger partial charge in [-0.3, -0.25) is 0 Å². The van der Waals surface area contributed by atoms with E-state index < -0.39 is 15.8 Å². The monoisotopic (exact) mass is 288 g/mol. The van der Waals surface area contributed by atoms with Crippen molar-refractivity contribution < 1.29 is 12.8 Å². The Balaban J connectivity index is 2.90. The van der Waals surface area contributed by atoms with Gasteiger partial charge >= 0.3 is 0 Å². The molecule has 108 valence electrons. The zero-order valence-corrected chi connectivity index (χ0v) is 12.1. The molecule has 0 aliphatic rings. The van der Waals surface area contributed by atoms with Crippen molar-refractivity contribution in [2.75, 3.05) is 6.54 Å². The lowest BCUT2D eigenvalue weighted by Crippen LogP contribution is -2.40. The second kappa shape index (κ2) is 6.98. The van der Waals surface area contributed by atoms with Crippen LogP contribution in [0.3, 0.4) is 0 Å². The smallest absolute Gasteiger partial charge is 0.240 e. The van der Waals surface area contributed by atoms with Gasteiger partial charge in [0.25, 0.3) is 0 Å². The number of halogens is 1. The Kier molecular flexibility index (Phi) is 5.90. The summed E-state index contributed by atoms with van der Waals surface area (Å²) in [6.07, 6.45) is 2.55. The van der Waals surface area contributed by atoms with E-state index >= 15 is 0 Å². The molecular formula is C13H21FN2O2S. The zero-order valence-electron chi connectivity index (χ0n) is 11.3. The molecule has 19 heavy (non-hydrogen) atoms. The maximum Gasteiger partial charge on any atom is 0.240 e. The van der Waals surface area contributed by atoms with Crippen molar-refractivity contribution in [2.45, 2.75) is 44.0 Å². The van der Waals surface area contributed by atoms with E-state index in [1.54, 1.807) is 6.92 Å². The molecule has 4 nitrogen and oxygen atoms in total.